The summed E-state index contributed by atoms with van der Waals surface area (Å²) in [5.41, 5.74) is 1.28. The molecule has 2 atom stereocenters. The molecule has 0 aliphatic carbocycles. The lowest BCUT2D eigenvalue weighted by Crippen LogP contribution is -2.39. The maximum absolute atomic E-state index is 5.49. The summed E-state index contributed by atoms with van der Waals surface area (Å²) in [6.07, 6.45) is 3.74. The Labute approximate surface area is 123 Å². The average molecular weight is 276 g/mol. The van der Waals surface area contributed by atoms with E-state index in [4.69, 9.17) is 4.74 Å². The van der Waals surface area contributed by atoms with Crippen molar-refractivity contribution in [2.75, 3.05) is 26.7 Å². The maximum Gasteiger partial charge on any atom is 0.123 e. The first-order valence-electron chi connectivity index (χ1n) is 7.90. The van der Waals surface area contributed by atoms with Crippen molar-refractivity contribution in [3.63, 3.8) is 0 Å². The first-order valence-corrected chi connectivity index (χ1v) is 7.90. The molecule has 1 fully saturated rings. The molecular formula is C17H28N2O. The minimum Gasteiger partial charge on any atom is -0.496 e. The third kappa shape index (κ3) is 3.53. The molecular weight excluding hydrogens is 248 g/mol. The second-order valence-electron chi connectivity index (χ2n) is 5.54. The highest BCUT2D eigenvalue weighted by molar-refractivity contribution is 5.35. The second kappa shape index (κ2) is 7.65. The smallest absolute Gasteiger partial charge is 0.123 e. The van der Waals surface area contributed by atoms with Crippen LogP contribution in [0.2, 0.25) is 0 Å². The quantitative estimate of drug-likeness (QED) is 0.827. The van der Waals surface area contributed by atoms with Crippen LogP contribution in [0.1, 0.15) is 44.7 Å². The molecule has 1 saturated heterocycles. The largest absolute Gasteiger partial charge is 0.496 e. The molecule has 1 aromatic rings. The Morgan fingerprint density at radius 3 is 2.85 bits per heavy atom. The normalized spacial score (nSPS) is 21.1. The fourth-order valence-corrected chi connectivity index (χ4v) is 3.25. The van der Waals surface area contributed by atoms with Crippen molar-refractivity contribution in [1.29, 1.82) is 0 Å². The van der Waals surface area contributed by atoms with Gasteiger partial charge < -0.3 is 10.1 Å². The molecule has 0 spiro atoms. The van der Waals surface area contributed by atoms with E-state index in [0.29, 0.717) is 12.1 Å². The number of benzene rings is 1. The number of likely N-dealkylation sites (N-methyl/N-ethyl adjacent to an activating group) is 1. The molecule has 2 unspecified atom stereocenters. The Kier molecular flexibility index (Phi) is 5.86. The highest BCUT2D eigenvalue weighted by Crippen LogP contribution is 2.27. The van der Waals surface area contributed by atoms with Gasteiger partial charge in [-0.2, -0.15) is 0 Å². The van der Waals surface area contributed by atoms with E-state index >= 15 is 0 Å². The van der Waals surface area contributed by atoms with Crippen LogP contribution in [-0.2, 0) is 0 Å². The molecule has 1 aromatic carbocycles. The molecule has 1 N–H and O–H groups in total. The minimum absolute atomic E-state index is 0.380. The van der Waals surface area contributed by atoms with Gasteiger partial charge in [0.15, 0.2) is 0 Å². The van der Waals surface area contributed by atoms with Gasteiger partial charge in [-0.1, -0.05) is 32.0 Å². The molecule has 2 rings (SSSR count). The standard InChI is InChI=1S/C17H28N2O/c1-4-16(15-10-6-7-11-17(15)20-3)18-13-14-9-8-12-19(14)5-2/h6-7,10-11,14,16,18H,4-5,8-9,12-13H2,1-3H3. The van der Waals surface area contributed by atoms with Gasteiger partial charge in [-0.25, -0.2) is 0 Å². The molecule has 3 heteroatoms. The molecule has 0 amide bonds. The number of hydrogen-bond donors (Lipinski definition) is 1. The molecule has 20 heavy (non-hydrogen) atoms. The van der Waals surface area contributed by atoms with Crippen LogP contribution in [0.4, 0.5) is 0 Å². The van der Waals surface area contributed by atoms with Gasteiger partial charge in [-0.05, 0) is 38.4 Å². The number of methoxy groups -OCH3 is 1. The van der Waals surface area contributed by atoms with Gasteiger partial charge in [-0.15, -0.1) is 0 Å². The van der Waals surface area contributed by atoms with Crippen LogP contribution < -0.4 is 10.1 Å². The van der Waals surface area contributed by atoms with Crippen LogP contribution >= 0.6 is 0 Å². The number of nitrogens with one attached hydrogen (secondary N) is 1. The molecule has 112 valence electrons. The molecule has 3 nitrogen and oxygen atoms in total. The fraction of sp³-hybridized carbons (Fsp3) is 0.647. The summed E-state index contributed by atoms with van der Waals surface area (Å²) in [5, 5.41) is 3.74. The van der Waals surface area contributed by atoms with Crippen molar-refractivity contribution in [3.05, 3.63) is 29.8 Å². The monoisotopic (exact) mass is 276 g/mol. The van der Waals surface area contributed by atoms with Crippen molar-refractivity contribution in [3.8, 4) is 5.75 Å². The zero-order chi connectivity index (χ0) is 14.4. The third-order valence-electron chi connectivity index (χ3n) is 4.43. The maximum atomic E-state index is 5.49. The topological polar surface area (TPSA) is 24.5 Å². The summed E-state index contributed by atoms with van der Waals surface area (Å²) in [4.78, 5) is 2.59. The lowest BCUT2D eigenvalue weighted by molar-refractivity contribution is 0.252. The first kappa shape index (κ1) is 15.3. The molecule has 1 heterocycles. The Morgan fingerprint density at radius 1 is 1.35 bits per heavy atom. The Bertz CT molecular complexity index is 408. The van der Waals surface area contributed by atoms with Crippen LogP contribution in [0.3, 0.4) is 0 Å². The fourth-order valence-electron chi connectivity index (χ4n) is 3.25. The number of likely N-dealkylation sites (tertiary alicyclic amines) is 1. The van der Waals surface area contributed by atoms with Gasteiger partial charge in [0.2, 0.25) is 0 Å². The van der Waals surface area contributed by atoms with Gasteiger partial charge in [0.1, 0.15) is 5.75 Å². The number of hydrogen-bond acceptors (Lipinski definition) is 3. The van der Waals surface area contributed by atoms with Crippen LogP contribution in [-0.4, -0.2) is 37.7 Å². The zero-order valence-corrected chi connectivity index (χ0v) is 13.1. The van der Waals surface area contributed by atoms with E-state index in [0.717, 1.165) is 25.3 Å². The van der Waals surface area contributed by atoms with E-state index < -0.39 is 0 Å². The summed E-state index contributed by atoms with van der Waals surface area (Å²) in [6, 6.07) is 9.43. The van der Waals surface area contributed by atoms with Crippen molar-refractivity contribution < 1.29 is 4.74 Å². The van der Waals surface area contributed by atoms with E-state index in [2.05, 4.69) is 36.2 Å². The van der Waals surface area contributed by atoms with Crippen molar-refractivity contribution >= 4 is 0 Å². The SMILES string of the molecule is CCC(NCC1CCCN1CC)c1ccccc1OC. The predicted octanol–water partition coefficient (Wildman–Crippen LogP) is 3.22. The highest BCUT2D eigenvalue weighted by atomic mass is 16.5. The summed E-state index contributed by atoms with van der Waals surface area (Å²) in [5.74, 6) is 0.991. The van der Waals surface area contributed by atoms with E-state index in [9.17, 15) is 0 Å². The first-order chi connectivity index (χ1) is 9.80. The number of para-hydroxylation sites is 1. The van der Waals surface area contributed by atoms with Gasteiger partial charge >= 0.3 is 0 Å². The number of rotatable bonds is 7. The molecule has 1 aliphatic rings. The van der Waals surface area contributed by atoms with Crippen molar-refractivity contribution in [2.24, 2.45) is 0 Å². The van der Waals surface area contributed by atoms with E-state index in [1.54, 1.807) is 7.11 Å². The molecule has 0 radical (unpaired) electrons. The lowest BCUT2D eigenvalue weighted by atomic mass is 10.0. The third-order valence-corrected chi connectivity index (χ3v) is 4.43. The predicted molar refractivity (Wildman–Crippen MR) is 84.3 cm³/mol. The minimum atomic E-state index is 0.380. The van der Waals surface area contributed by atoms with E-state index in [1.165, 1.54) is 24.9 Å². The van der Waals surface area contributed by atoms with Gasteiger partial charge in [-0.3, -0.25) is 4.90 Å². The van der Waals surface area contributed by atoms with Crippen LogP contribution in [0.5, 0.6) is 5.75 Å². The lowest BCUT2D eigenvalue weighted by Gasteiger charge is -2.26. The van der Waals surface area contributed by atoms with Crippen molar-refractivity contribution in [2.45, 2.75) is 45.2 Å². The van der Waals surface area contributed by atoms with Gasteiger partial charge in [0.25, 0.3) is 0 Å². The van der Waals surface area contributed by atoms with Gasteiger partial charge in [0.05, 0.1) is 7.11 Å². The van der Waals surface area contributed by atoms with Crippen LogP contribution in [0.15, 0.2) is 24.3 Å². The summed E-state index contributed by atoms with van der Waals surface area (Å²) >= 11 is 0. The van der Waals surface area contributed by atoms with Crippen molar-refractivity contribution in [1.82, 2.24) is 10.2 Å². The van der Waals surface area contributed by atoms with Crippen LogP contribution in [0.25, 0.3) is 0 Å². The average Bonchev–Trinajstić information content (AvgIpc) is 2.96. The molecule has 0 saturated carbocycles. The summed E-state index contributed by atoms with van der Waals surface area (Å²) < 4.78 is 5.49. The Morgan fingerprint density at radius 2 is 2.15 bits per heavy atom. The summed E-state index contributed by atoms with van der Waals surface area (Å²) in [7, 11) is 1.75. The van der Waals surface area contributed by atoms with E-state index in [-0.39, 0.29) is 0 Å². The number of ether oxygens (including phenoxy) is 1. The Balaban J connectivity index is 1.98. The molecule has 0 bridgehead atoms. The zero-order valence-electron chi connectivity index (χ0n) is 13.1. The van der Waals surface area contributed by atoms with Crippen LogP contribution in [0, 0.1) is 0 Å². The number of nitrogens with zero attached hydrogens (tertiary/aromatic N) is 1. The Hall–Kier alpha value is -1.06. The molecule has 0 aromatic heterocycles. The van der Waals surface area contributed by atoms with Gasteiger partial charge in [0, 0.05) is 24.2 Å². The van der Waals surface area contributed by atoms with E-state index in [1.807, 2.05) is 12.1 Å². The molecule has 1 aliphatic heterocycles. The second-order valence-corrected chi connectivity index (χ2v) is 5.54. The highest BCUT2D eigenvalue weighted by Gasteiger charge is 2.24. The summed E-state index contributed by atoms with van der Waals surface area (Å²) in [6.45, 7) is 7.99.